The molecule has 0 aliphatic carbocycles. The first-order valence-corrected chi connectivity index (χ1v) is 10.1. The molecular weight excluding hydrogens is 429 g/mol. The van der Waals surface area contributed by atoms with Gasteiger partial charge in [0.05, 0.1) is 23.9 Å². The van der Waals surface area contributed by atoms with Gasteiger partial charge in [0.15, 0.2) is 5.65 Å². The van der Waals surface area contributed by atoms with E-state index in [4.69, 9.17) is 0 Å². The monoisotopic (exact) mass is 454 g/mol. The predicted octanol–water partition coefficient (Wildman–Crippen LogP) is 1.84. The first-order valence-electron chi connectivity index (χ1n) is 10.1. The second kappa shape index (κ2) is 9.55. The van der Waals surface area contributed by atoms with Gasteiger partial charge in [0.1, 0.15) is 11.3 Å². The van der Waals surface area contributed by atoms with Crippen molar-refractivity contribution in [2.75, 3.05) is 25.0 Å². The standard InChI is InChI=1S/C20H25F3N6O3/c1-3-16(31)29-5-4-13(14(30)10-29)27-15-9-25-18-17(28-15)12(8-24-18)19(32)26-7-11(2)6-20(21,22)23/h3,8-9,11,13-14,30H,1,4-7,10H2,2H3,(H,24,25)(H,26,32)(H,27,28)/t11-,13-,14+/m1/s1. The van der Waals surface area contributed by atoms with Gasteiger partial charge in [0.25, 0.3) is 5.91 Å². The topological polar surface area (TPSA) is 123 Å². The van der Waals surface area contributed by atoms with Crippen molar-refractivity contribution in [3.8, 4) is 0 Å². The molecule has 1 fully saturated rings. The Morgan fingerprint density at radius 2 is 2.22 bits per heavy atom. The number of hydrogen-bond donors (Lipinski definition) is 4. The fourth-order valence-corrected chi connectivity index (χ4v) is 3.58. The number of halogens is 3. The van der Waals surface area contributed by atoms with Crippen LogP contribution >= 0.6 is 0 Å². The number of aliphatic hydroxyl groups is 1. The SMILES string of the molecule is C=CC(=O)N1CC[C@@H](Nc2cnc3[nH]cc(C(=O)NC[C@H](C)CC(F)(F)F)c3n2)[C@@H](O)C1. The summed E-state index contributed by atoms with van der Waals surface area (Å²) in [5, 5.41) is 15.9. The third-order valence-electron chi connectivity index (χ3n) is 5.22. The number of anilines is 1. The Labute approximate surface area is 182 Å². The highest BCUT2D eigenvalue weighted by molar-refractivity contribution is 6.04. The number of piperidine rings is 1. The van der Waals surface area contributed by atoms with Crippen molar-refractivity contribution in [3.05, 3.63) is 30.6 Å². The Morgan fingerprint density at radius 1 is 1.47 bits per heavy atom. The lowest BCUT2D eigenvalue weighted by atomic mass is 10.0. The maximum absolute atomic E-state index is 12.5. The minimum atomic E-state index is -4.29. The number of hydrogen-bond acceptors (Lipinski definition) is 6. The molecule has 3 rings (SSSR count). The molecule has 0 spiro atoms. The van der Waals surface area contributed by atoms with Gasteiger partial charge in [-0.1, -0.05) is 13.5 Å². The molecule has 0 unspecified atom stereocenters. The molecule has 0 bridgehead atoms. The summed E-state index contributed by atoms with van der Waals surface area (Å²) in [5.74, 6) is -1.26. The lowest BCUT2D eigenvalue weighted by Crippen LogP contribution is -2.51. The van der Waals surface area contributed by atoms with Crippen LogP contribution in [0.4, 0.5) is 19.0 Å². The molecule has 0 saturated carbocycles. The molecule has 1 saturated heterocycles. The molecular formula is C20H25F3N6O3. The Bertz CT molecular complexity index is 993. The summed E-state index contributed by atoms with van der Waals surface area (Å²) in [5.41, 5.74) is 0.753. The number of carbonyl (C=O) groups excluding carboxylic acids is 2. The second-order valence-corrected chi connectivity index (χ2v) is 7.88. The number of likely N-dealkylation sites (tertiary alicyclic amines) is 1. The van der Waals surface area contributed by atoms with Gasteiger partial charge in [0, 0.05) is 32.3 Å². The van der Waals surface area contributed by atoms with Gasteiger partial charge < -0.3 is 25.6 Å². The van der Waals surface area contributed by atoms with Gasteiger partial charge >= 0.3 is 6.18 Å². The highest BCUT2D eigenvalue weighted by Gasteiger charge is 2.31. The summed E-state index contributed by atoms with van der Waals surface area (Å²) < 4.78 is 37.4. The predicted molar refractivity (Wildman–Crippen MR) is 111 cm³/mol. The van der Waals surface area contributed by atoms with Gasteiger partial charge in [-0.15, -0.1) is 0 Å². The van der Waals surface area contributed by atoms with E-state index in [1.54, 1.807) is 0 Å². The van der Waals surface area contributed by atoms with Crippen LogP contribution in [0.3, 0.4) is 0 Å². The van der Waals surface area contributed by atoms with Crippen LogP contribution in [0.1, 0.15) is 30.1 Å². The molecule has 2 aromatic heterocycles. The normalized spacial score (nSPS) is 20.1. The number of alkyl halides is 3. The first-order chi connectivity index (χ1) is 15.1. The number of nitrogens with one attached hydrogen (secondary N) is 3. The summed E-state index contributed by atoms with van der Waals surface area (Å²) in [6.45, 7) is 5.29. The summed E-state index contributed by atoms with van der Waals surface area (Å²) in [4.78, 5) is 37.1. The van der Waals surface area contributed by atoms with Gasteiger partial charge in [-0.25, -0.2) is 9.97 Å². The number of β-amino-alcohol motifs (C(OH)–C–C–N with tert-alkyl or cyclic N) is 1. The van der Waals surface area contributed by atoms with E-state index in [1.807, 2.05) is 0 Å². The van der Waals surface area contributed by atoms with Crippen LogP contribution in [-0.4, -0.2) is 74.7 Å². The average Bonchev–Trinajstić information content (AvgIpc) is 3.15. The Kier molecular flexibility index (Phi) is 7.02. The van der Waals surface area contributed by atoms with Crippen LogP contribution in [0.25, 0.3) is 11.2 Å². The molecule has 12 heteroatoms. The van der Waals surface area contributed by atoms with Crippen molar-refractivity contribution < 1.29 is 27.9 Å². The zero-order chi connectivity index (χ0) is 23.5. The van der Waals surface area contributed by atoms with Crippen LogP contribution < -0.4 is 10.6 Å². The molecule has 174 valence electrons. The van der Waals surface area contributed by atoms with E-state index in [1.165, 1.54) is 30.3 Å². The number of aromatic nitrogens is 3. The van der Waals surface area contributed by atoms with E-state index in [2.05, 4.69) is 32.2 Å². The molecule has 1 aliphatic heterocycles. The maximum Gasteiger partial charge on any atom is 0.389 e. The van der Waals surface area contributed by atoms with E-state index in [0.29, 0.717) is 24.4 Å². The van der Waals surface area contributed by atoms with Gasteiger partial charge in [-0.3, -0.25) is 9.59 Å². The highest BCUT2D eigenvalue weighted by Crippen LogP contribution is 2.24. The first kappa shape index (κ1) is 23.5. The summed E-state index contributed by atoms with van der Waals surface area (Å²) in [7, 11) is 0. The molecule has 32 heavy (non-hydrogen) atoms. The largest absolute Gasteiger partial charge is 0.389 e. The Balaban J connectivity index is 1.66. The smallest absolute Gasteiger partial charge is 0.389 e. The van der Waals surface area contributed by atoms with E-state index in [9.17, 15) is 27.9 Å². The lowest BCUT2D eigenvalue weighted by molar-refractivity contribution is -0.142. The zero-order valence-electron chi connectivity index (χ0n) is 17.4. The Morgan fingerprint density at radius 3 is 2.88 bits per heavy atom. The number of aromatic amines is 1. The number of fused-ring (bicyclic) bond motifs is 1. The molecule has 9 nitrogen and oxygen atoms in total. The van der Waals surface area contributed by atoms with Crippen LogP contribution in [0.2, 0.25) is 0 Å². The van der Waals surface area contributed by atoms with Crippen molar-refractivity contribution in [1.29, 1.82) is 0 Å². The van der Waals surface area contributed by atoms with Gasteiger partial charge in [0.2, 0.25) is 5.91 Å². The molecule has 2 amide bonds. The summed E-state index contributed by atoms with van der Waals surface area (Å²) in [6.07, 6.45) is -1.62. The maximum atomic E-state index is 12.5. The molecule has 0 aromatic carbocycles. The number of nitrogens with zero attached hydrogens (tertiary/aromatic N) is 3. The van der Waals surface area contributed by atoms with Crippen molar-refractivity contribution in [2.24, 2.45) is 5.92 Å². The fourth-order valence-electron chi connectivity index (χ4n) is 3.58. The van der Waals surface area contributed by atoms with E-state index in [0.717, 1.165) is 0 Å². The number of carbonyl (C=O) groups is 2. The number of aliphatic hydroxyl groups excluding tert-OH is 1. The van der Waals surface area contributed by atoms with Crippen LogP contribution in [0.5, 0.6) is 0 Å². The molecule has 3 heterocycles. The minimum absolute atomic E-state index is 0.134. The summed E-state index contributed by atoms with van der Waals surface area (Å²) in [6, 6.07) is -0.380. The molecule has 4 N–H and O–H groups in total. The van der Waals surface area contributed by atoms with Crippen LogP contribution in [0.15, 0.2) is 25.0 Å². The van der Waals surface area contributed by atoms with Crippen LogP contribution in [-0.2, 0) is 4.79 Å². The molecule has 2 aromatic rings. The molecule has 3 atom stereocenters. The molecule has 0 radical (unpaired) electrons. The molecule has 1 aliphatic rings. The van der Waals surface area contributed by atoms with Crippen molar-refractivity contribution in [1.82, 2.24) is 25.2 Å². The summed E-state index contributed by atoms with van der Waals surface area (Å²) >= 11 is 0. The van der Waals surface area contributed by atoms with Gasteiger partial charge in [-0.05, 0) is 18.4 Å². The van der Waals surface area contributed by atoms with E-state index < -0.39 is 30.5 Å². The quantitative estimate of drug-likeness (QED) is 0.474. The number of H-pyrrole nitrogens is 1. The Hall–Kier alpha value is -3.15. The number of rotatable bonds is 7. The minimum Gasteiger partial charge on any atom is -0.389 e. The zero-order valence-corrected chi connectivity index (χ0v) is 17.4. The fraction of sp³-hybridized carbons (Fsp3) is 0.500. The highest BCUT2D eigenvalue weighted by atomic mass is 19.4. The third kappa shape index (κ3) is 5.75. The van der Waals surface area contributed by atoms with Gasteiger partial charge in [-0.2, -0.15) is 13.2 Å². The van der Waals surface area contributed by atoms with Crippen molar-refractivity contribution >= 4 is 28.8 Å². The lowest BCUT2D eigenvalue weighted by Gasteiger charge is -2.35. The van der Waals surface area contributed by atoms with E-state index in [-0.39, 0.29) is 36.1 Å². The van der Waals surface area contributed by atoms with E-state index >= 15 is 0 Å². The second-order valence-electron chi connectivity index (χ2n) is 7.88. The average molecular weight is 454 g/mol. The third-order valence-corrected chi connectivity index (χ3v) is 5.22. The number of amides is 2. The van der Waals surface area contributed by atoms with Crippen LogP contribution in [0, 0.1) is 5.92 Å². The van der Waals surface area contributed by atoms with Crippen molar-refractivity contribution in [2.45, 2.75) is 38.1 Å². The van der Waals surface area contributed by atoms with Crippen molar-refractivity contribution in [3.63, 3.8) is 0 Å².